The number of aromatic nitrogens is 14. The van der Waals surface area contributed by atoms with Crippen LogP contribution in [0.2, 0.25) is 0 Å². The van der Waals surface area contributed by atoms with E-state index in [2.05, 4.69) is 97.1 Å². The Labute approximate surface area is 428 Å². The Hall–Kier alpha value is -6.38. The van der Waals surface area contributed by atoms with Crippen molar-refractivity contribution >= 4 is 11.0 Å². The molecule has 1 aromatic carbocycles. The van der Waals surface area contributed by atoms with E-state index in [-0.39, 0.29) is 5.69 Å². The lowest BCUT2D eigenvalue weighted by Gasteiger charge is -2.10. The molecule has 8 aromatic rings. The van der Waals surface area contributed by atoms with Crippen molar-refractivity contribution in [1.29, 1.82) is 0 Å². The van der Waals surface area contributed by atoms with Gasteiger partial charge in [-0.15, -0.1) is 0 Å². The fourth-order valence-electron chi connectivity index (χ4n) is 10.6. The van der Waals surface area contributed by atoms with Gasteiger partial charge in [0, 0.05) is 88.8 Å². The van der Waals surface area contributed by atoms with Crippen LogP contribution in [0.3, 0.4) is 0 Å². The normalized spacial score (nSPS) is 14.0. The Bertz CT molecular complexity index is 2980. The molecule has 15 heteroatoms. The molecular formula is C57H84N14O. The Balaban J connectivity index is 0.000000137. The maximum atomic E-state index is 10.3. The molecule has 388 valence electrons. The van der Waals surface area contributed by atoms with Gasteiger partial charge in [-0.1, -0.05) is 26.0 Å². The topological polar surface area (TPSA) is 153 Å². The highest BCUT2D eigenvalue weighted by molar-refractivity contribution is 5.75. The van der Waals surface area contributed by atoms with Crippen LogP contribution in [-0.2, 0) is 106 Å². The first-order valence-electron chi connectivity index (χ1n) is 26.5. The first-order chi connectivity index (χ1) is 34.5. The SMILES string of the molecule is CC.Cc1c2c(nn1C)CCC2.Cc1nc(C)c2c(n1)CCC2.Cc1nc2c(n1C)CCCC2.Cc1nc2ccccc2n1C.Cc1nn(C)c2c1CCC2.Cc1nn(C)c2c1CCC2.Cn1cc[nH]c1=O. The average Bonchev–Trinajstić information content (AvgIpc) is 4.23. The molecule has 0 amide bonds. The Morgan fingerprint density at radius 3 is 1.54 bits per heavy atom. The van der Waals surface area contributed by atoms with Crippen molar-refractivity contribution in [2.75, 3.05) is 0 Å². The van der Waals surface area contributed by atoms with Crippen LogP contribution in [-0.4, -0.2) is 68.0 Å². The van der Waals surface area contributed by atoms with Gasteiger partial charge in [0.15, 0.2) is 0 Å². The van der Waals surface area contributed by atoms with E-state index in [0.717, 1.165) is 29.4 Å². The van der Waals surface area contributed by atoms with Crippen LogP contribution in [0, 0.1) is 48.5 Å². The summed E-state index contributed by atoms with van der Waals surface area (Å²) in [6.45, 7) is 18.5. The summed E-state index contributed by atoms with van der Waals surface area (Å²) in [6, 6.07) is 8.15. The number of aryl methyl sites for hydroxylation is 14. The standard InChI is InChI=1S/C9H14N2.C9H10N2.C9H12N2.3C8H12N2.C4H6N2O.C2H6/c2*1-7-10-8-5-3-4-6-9(8)11(7)2;1-6-8-4-3-5-9(8)11-7(2)10-6;1-6-7-4-3-5-8(7)9-10(6)2;2*1-6-7-4-3-5-8(7)10(2)9-6;1-6-3-2-5-4(6)7;1-2/h3-6H2,1-2H3;3-6H,1-2H3;3-5H2,1-2H3;3*3-5H2,1-2H3;2-3H,1H3,(H,5,7);1-2H3. The molecular weight excluding hydrogens is 897 g/mol. The van der Waals surface area contributed by atoms with Gasteiger partial charge in [-0.2, -0.15) is 15.3 Å². The minimum atomic E-state index is -0.0694. The number of nitrogens with zero attached hydrogens (tertiary/aromatic N) is 13. The Morgan fingerprint density at radius 1 is 0.472 bits per heavy atom. The first kappa shape index (κ1) is 54.9. The minimum Gasteiger partial charge on any atom is -0.335 e. The van der Waals surface area contributed by atoms with Crippen LogP contribution in [0.4, 0.5) is 0 Å². The van der Waals surface area contributed by atoms with Gasteiger partial charge in [0.05, 0.1) is 33.8 Å². The zero-order valence-electron chi connectivity index (χ0n) is 46.5. The summed E-state index contributed by atoms with van der Waals surface area (Å²) in [7, 11) is 11.9. The summed E-state index contributed by atoms with van der Waals surface area (Å²) in [5.74, 6) is 3.14. The first-order valence-corrected chi connectivity index (χ1v) is 26.5. The van der Waals surface area contributed by atoms with Gasteiger partial charge in [0.1, 0.15) is 17.5 Å². The molecule has 1 N–H and O–H groups in total. The number of para-hydroxylation sites is 2. The summed E-state index contributed by atoms with van der Waals surface area (Å²) < 4.78 is 11.8. The molecule has 0 aliphatic heterocycles. The van der Waals surface area contributed by atoms with E-state index in [0.29, 0.717) is 0 Å². The molecule has 0 spiro atoms. The number of hydrogen-bond acceptors (Lipinski definition) is 8. The van der Waals surface area contributed by atoms with Crippen molar-refractivity contribution < 1.29 is 0 Å². The van der Waals surface area contributed by atoms with Gasteiger partial charge in [-0.3, -0.25) is 14.0 Å². The number of aromatic amines is 1. The zero-order valence-corrected chi connectivity index (χ0v) is 46.5. The van der Waals surface area contributed by atoms with Crippen LogP contribution < -0.4 is 5.69 Å². The predicted octanol–water partition coefficient (Wildman–Crippen LogP) is 9.46. The number of imidazole rings is 3. The molecule has 5 aliphatic rings. The summed E-state index contributed by atoms with van der Waals surface area (Å²) in [4.78, 5) is 30.4. The summed E-state index contributed by atoms with van der Waals surface area (Å²) in [5, 5.41) is 13.1. The average molecular weight is 981 g/mol. The van der Waals surface area contributed by atoms with Crippen LogP contribution in [0.5, 0.6) is 0 Å². The quantitative estimate of drug-likeness (QED) is 0.158. The number of nitrogens with one attached hydrogen (secondary N) is 1. The second-order valence-electron chi connectivity index (χ2n) is 19.5. The molecule has 15 nitrogen and oxygen atoms in total. The Kier molecular flexibility index (Phi) is 19.3. The third-order valence-electron chi connectivity index (χ3n) is 14.7. The highest BCUT2D eigenvalue weighted by Crippen LogP contribution is 2.26. The maximum absolute atomic E-state index is 10.3. The maximum Gasteiger partial charge on any atom is 0.325 e. The van der Waals surface area contributed by atoms with E-state index < -0.39 is 0 Å². The van der Waals surface area contributed by atoms with Crippen molar-refractivity contribution in [2.45, 2.75) is 165 Å². The highest BCUT2D eigenvalue weighted by atomic mass is 16.1. The fraction of sp³-hybridized carbons (Fsp3) is 0.544. The molecule has 7 heterocycles. The van der Waals surface area contributed by atoms with E-state index in [9.17, 15) is 4.79 Å². The molecule has 7 aromatic heterocycles. The number of benzene rings is 1. The van der Waals surface area contributed by atoms with Gasteiger partial charge in [0.2, 0.25) is 0 Å². The number of H-pyrrole nitrogens is 1. The number of rotatable bonds is 0. The summed E-state index contributed by atoms with van der Waals surface area (Å²) in [6.07, 6.45) is 23.3. The highest BCUT2D eigenvalue weighted by Gasteiger charge is 2.20. The number of hydrogen-bond donors (Lipinski definition) is 1. The van der Waals surface area contributed by atoms with Crippen LogP contribution in [0.25, 0.3) is 11.0 Å². The Morgan fingerprint density at radius 2 is 1.00 bits per heavy atom. The van der Waals surface area contributed by atoms with Gasteiger partial charge < -0.3 is 18.7 Å². The van der Waals surface area contributed by atoms with E-state index in [4.69, 9.17) is 0 Å². The number of fused-ring (bicyclic) bond motifs is 6. The summed E-state index contributed by atoms with van der Waals surface area (Å²) in [5.41, 5.74) is 21.5. The molecule has 0 atom stereocenters. The lowest BCUT2D eigenvalue weighted by molar-refractivity contribution is 0.642. The van der Waals surface area contributed by atoms with Crippen molar-refractivity contribution in [3.05, 3.63) is 144 Å². The van der Waals surface area contributed by atoms with Crippen molar-refractivity contribution in [1.82, 2.24) is 68.0 Å². The molecule has 5 aliphatic carbocycles. The molecule has 13 rings (SSSR count). The smallest absolute Gasteiger partial charge is 0.325 e. The van der Waals surface area contributed by atoms with E-state index >= 15 is 0 Å². The molecule has 0 saturated carbocycles. The largest absolute Gasteiger partial charge is 0.335 e. The van der Waals surface area contributed by atoms with Crippen LogP contribution in [0.15, 0.2) is 41.5 Å². The predicted molar refractivity (Wildman–Crippen MR) is 291 cm³/mol. The molecule has 0 saturated heterocycles. The van der Waals surface area contributed by atoms with Crippen LogP contribution >= 0.6 is 0 Å². The van der Waals surface area contributed by atoms with Crippen molar-refractivity contribution in [3.8, 4) is 0 Å². The monoisotopic (exact) mass is 981 g/mol. The van der Waals surface area contributed by atoms with E-state index in [1.807, 2.05) is 88.1 Å². The third kappa shape index (κ3) is 13.2. The van der Waals surface area contributed by atoms with Gasteiger partial charge in [0.25, 0.3) is 0 Å². The van der Waals surface area contributed by atoms with Crippen LogP contribution in [0.1, 0.15) is 149 Å². The van der Waals surface area contributed by atoms with Crippen molar-refractivity contribution in [3.63, 3.8) is 0 Å². The van der Waals surface area contributed by atoms with Crippen molar-refractivity contribution in [2.24, 2.45) is 42.3 Å². The minimum absolute atomic E-state index is 0.0694. The van der Waals surface area contributed by atoms with Gasteiger partial charge >= 0.3 is 5.69 Å². The van der Waals surface area contributed by atoms with E-state index in [1.54, 1.807) is 19.4 Å². The third-order valence-corrected chi connectivity index (χ3v) is 14.7. The molecule has 72 heavy (non-hydrogen) atoms. The molecule has 0 unspecified atom stereocenters. The second kappa shape index (κ2) is 25.3. The molecule has 0 fully saturated rings. The fourth-order valence-corrected chi connectivity index (χ4v) is 10.6. The molecule has 0 radical (unpaired) electrons. The van der Waals surface area contributed by atoms with Gasteiger partial charge in [-0.25, -0.2) is 24.7 Å². The lowest BCUT2D eigenvalue weighted by atomic mass is 10.0. The van der Waals surface area contributed by atoms with Gasteiger partial charge in [-0.05, 0) is 186 Å². The van der Waals surface area contributed by atoms with E-state index in [1.165, 1.54) is 186 Å². The second-order valence-corrected chi connectivity index (χ2v) is 19.5. The lowest BCUT2D eigenvalue weighted by Crippen LogP contribution is -2.10. The zero-order chi connectivity index (χ0) is 52.2. The molecule has 0 bridgehead atoms. The summed E-state index contributed by atoms with van der Waals surface area (Å²) >= 11 is 0.